The molecule has 0 aliphatic rings. The number of esters is 2. The molecule has 0 aliphatic heterocycles. The number of rotatable bonds is 4. The molecule has 1 amide bonds. The van der Waals surface area contributed by atoms with E-state index in [9.17, 15) is 19.5 Å². The van der Waals surface area contributed by atoms with Crippen LogP contribution >= 0.6 is 0 Å². The first-order valence-electron chi connectivity index (χ1n) is 6.88. The Labute approximate surface area is 137 Å². The van der Waals surface area contributed by atoms with Crippen LogP contribution in [-0.4, -0.2) is 37.2 Å². The van der Waals surface area contributed by atoms with Gasteiger partial charge in [0.1, 0.15) is 5.56 Å². The number of nitrogens with one attached hydrogen (secondary N) is 1. The van der Waals surface area contributed by atoms with Gasteiger partial charge in [-0.3, -0.25) is 4.79 Å². The van der Waals surface area contributed by atoms with Crippen LogP contribution in [0.25, 0.3) is 0 Å². The zero-order chi connectivity index (χ0) is 17.7. The first-order chi connectivity index (χ1) is 11.5. The Morgan fingerprint density at radius 2 is 1.38 bits per heavy atom. The molecular weight excluding hydrogens is 314 g/mol. The van der Waals surface area contributed by atoms with Gasteiger partial charge < -0.3 is 19.9 Å². The molecule has 7 nitrogen and oxygen atoms in total. The predicted molar refractivity (Wildman–Crippen MR) is 85.2 cm³/mol. The van der Waals surface area contributed by atoms with Gasteiger partial charge in [0.05, 0.1) is 31.0 Å². The van der Waals surface area contributed by atoms with Crippen molar-refractivity contribution in [2.75, 3.05) is 19.5 Å². The highest BCUT2D eigenvalue weighted by Gasteiger charge is 2.20. The van der Waals surface area contributed by atoms with Crippen LogP contribution in [-0.2, 0) is 9.47 Å². The lowest BCUT2D eigenvalue weighted by Gasteiger charge is -2.11. The van der Waals surface area contributed by atoms with E-state index < -0.39 is 23.6 Å². The summed E-state index contributed by atoms with van der Waals surface area (Å²) in [7, 11) is 2.39. The molecular formula is C17H15NO6. The molecule has 24 heavy (non-hydrogen) atoms. The fourth-order valence-electron chi connectivity index (χ4n) is 2.08. The van der Waals surface area contributed by atoms with E-state index in [1.807, 2.05) is 0 Å². The molecule has 2 aromatic rings. The molecule has 124 valence electrons. The molecule has 0 fully saturated rings. The Kier molecular flexibility index (Phi) is 5.16. The van der Waals surface area contributed by atoms with Gasteiger partial charge in [-0.05, 0) is 24.3 Å². The SMILES string of the molecule is COC(=O)c1ccccc1C(=O)Nc1cccc(C(=O)OC)c1O. The normalized spacial score (nSPS) is 9.92. The Morgan fingerprint density at radius 3 is 2.00 bits per heavy atom. The lowest BCUT2D eigenvalue weighted by atomic mass is 10.1. The molecule has 0 bridgehead atoms. The number of amides is 1. The topological polar surface area (TPSA) is 102 Å². The van der Waals surface area contributed by atoms with Crippen molar-refractivity contribution in [2.24, 2.45) is 0 Å². The summed E-state index contributed by atoms with van der Waals surface area (Å²) in [6.07, 6.45) is 0. The van der Waals surface area contributed by atoms with E-state index in [0.717, 1.165) is 0 Å². The Bertz CT molecular complexity index is 799. The van der Waals surface area contributed by atoms with Crippen LogP contribution in [0, 0.1) is 0 Å². The van der Waals surface area contributed by atoms with Crippen LogP contribution < -0.4 is 5.32 Å². The van der Waals surface area contributed by atoms with Crippen molar-refractivity contribution in [1.29, 1.82) is 0 Å². The molecule has 0 saturated heterocycles. The van der Waals surface area contributed by atoms with Crippen molar-refractivity contribution >= 4 is 23.5 Å². The van der Waals surface area contributed by atoms with Crippen molar-refractivity contribution in [1.82, 2.24) is 0 Å². The third-order valence-corrected chi connectivity index (χ3v) is 3.27. The van der Waals surface area contributed by atoms with Gasteiger partial charge in [-0.25, -0.2) is 9.59 Å². The molecule has 2 rings (SSSR count). The third kappa shape index (κ3) is 3.35. The van der Waals surface area contributed by atoms with Crippen molar-refractivity contribution < 1.29 is 29.0 Å². The molecule has 2 aromatic carbocycles. The highest BCUT2D eigenvalue weighted by Crippen LogP contribution is 2.28. The Balaban J connectivity index is 2.35. The van der Waals surface area contributed by atoms with E-state index in [1.165, 1.54) is 44.6 Å². The summed E-state index contributed by atoms with van der Waals surface area (Å²) in [5.41, 5.74) is 0.0902. The van der Waals surface area contributed by atoms with Crippen LogP contribution in [0.1, 0.15) is 31.1 Å². The zero-order valence-corrected chi connectivity index (χ0v) is 13.0. The number of ether oxygens (including phenoxy) is 2. The maximum atomic E-state index is 12.4. The molecule has 0 spiro atoms. The minimum absolute atomic E-state index is 0.0163. The highest BCUT2D eigenvalue weighted by molar-refractivity contribution is 6.12. The molecule has 0 heterocycles. The van der Waals surface area contributed by atoms with Gasteiger partial charge in [-0.15, -0.1) is 0 Å². The number of carbonyl (C=O) groups excluding carboxylic acids is 3. The maximum absolute atomic E-state index is 12.4. The summed E-state index contributed by atoms with van der Waals surface area (Å²) in [6.45, 7) is 0. The molecule has 0 unspecified atom stereocenters. The van der Waals surface area contributed by atoms with Gasteiger partial charge in [0.25, 0.3) is 5.91 Å². The van der Waals surface area contributed by atoms with Crippen LogP contribution in [0.2, 0.25) is 0 Å². The summed E-state index contributed by atoms with van der Waals surface area (Å²) in [6, 6.07) is 10.3. The monoisotopic (exact) mass is 329 g/mol. The number of methoxy groups -OCH3 is 2. The Hall–Kier alpha value is -3.35. The van der Waals surface area contributed by atoms with Gasteiger partial charge in [0, 0.05) is 0 Å². The average molecular weight is 329 g/mol. The van der Waals surface area contributed by atoms with Crippen LogP contribution in [0.5, 0.6) is 5.75 Å². The van der Waals surface area contributed by atoms with E-state index in [-0.39, 0.29) is 22.4 Å². The standard InChI is InChI=1S/C17H15NO6/c1-23-16(21)11-7-4-3-6-10(11)15(20)18-13-9-5-8-12(14(13)19)17(22)24-2/h3-9,19H,1-2H3,(H,18,20). The second-order valence-electron chi connectivity index (χ2n) is 4.68. The minimum atomic E-state index is -0.737. The van der Waals surface area contributed by atoms with E-state index in [0.29, 0.717) is 0 Å². The van der Waals surface area contributed by atoms with Crippen molar-refractivity contribution in [3.8, 4) is 5.75 Å². The summed E-state index contributed by atoms with van der Waals surface area (Å²) in [4.78, 5) is 35.7. The van der Waals surface area contributed by atoms with E-state index in [1.54, 1.807) is 12.1 Å². The molecule has 0 saturated carbocycles. The molecule has 2 N–H and O–H groups in total. The fraction of sp³-hybridized carbons (Fsp3) is 0.118. The lowest BCUT2D eigenvalue weighted by molar-refractivity contribution is 0.0589. The van der Waals surface area contributed by atoms with Gasteiger partial charge in [0.15, 0.2) is 5.75 Å². The minimum Gasteiger partial charge on any atom is -0.505 e. The van der Waals surface area contributed by atoms with Gasteiger partial charge in [-0.2, -0.15) is 0 Å². The van der Waals surface area contributed by atoms with E-state index in [4.69, 9.17) is 0 Å². The smallest absolute Gasteiger partial charge is 0.341 e. The predicted octanol–water partition coefficient (Wildman–Crippen LogP) is 2.22. The lowest BCUT2D eigenvalue weighted by Crippen LogP contribution is -2.17. The summed E-state index contributed by atoms with van der Waals surface area (Å²) >= 11 is 0. The number of aromatic hydroxyl groups is 1. The average Bonchev–Trinajstić information content (AvgIpc) is 2.62. The van der Waals surface area contributed by atoms with E-state index in [2.05, 4.69) is 14.8 Å². The zero-order valence-electron chi connectivity index (χ0n) is 13.0. The number of phenolic OH excluding ortho intramolecular Hbond substituents is 1. The number of carbonyl (C=O) groups is 3. The fourth-order valence-corrected chi connectivity index (χ4v) is 2.08. The van der Waals surface area contributed by atoms with Gasteiger partial charge in [0.2, 0.25) is 0 Å². The molecule has 0 aliphatic carbocycles. The third-order valence-electron chi connectivity index (χ3n) is 3.27. The van der Waals surface area contributed by atoms with Crippen molar-refractivity contribution in [2.45, 2.75) is 0 Å². The quantitative estimate of drug-likeness (QED) is 0.659. The molecule has 0 atom stereocenters. The van der Waals surface area contributed by atoms with Crippen molar-refractivity contribution in [3.63, 3.8) is 0 Å². The number of anilines is 1. The van der Waals surface area contributed by atoms with E-state index >= 15 is 0 Å². The highest BCUT2D eigenvalue weighted by atomic mass is 16.5. The first-order valence-corrected chi connectivity index (χ1v) is 6.88. The number of benzene rings is 2. The number of para-hydroxylation sites is 1. The maximum Gasteiger partial charge on any atom is 0.341 e. The molecule has 0 aromatic heterocycles. The second-order valence-corrected chi connectivity index (χ2v) is 4.68. The summed E-state index contributed by atoms with van der Waals surface area (Å²) in [5.74, 6) is -2.45. The molecule has 0 radical (unpaired) electrons. The summed E-state index contributed by atoms with van der Waals surface area (Å²) < 4.78 is 9.19. The van der Waals surface area contributed by atoms with Crippen LogP contribution in [0.15, 0.2) is 42.5 Å². The first kappa shape index (κ1) is 17.0. The van der Waals surface area contributed by atoms with Crippen LogP contribution in [0.3, 0.4) is 0 Å². The second kappa shape index (κ2) is 7.28. The largest absolute Gasteiger partial charge is 0.505 e. The summed E-state index contributed by atoms with van der Waals surface area (Å²) in [5, 5.41) is 12.6. The number of hydrogen-bond donors (Lipinski definition) is 2. The molecule has 7 heteroatoms. The van der Waals surface area contributed by atoms with Crippen molar-refractivity contribution in [3.05, 3.63) is 59.2 Å². The van der Waals surface area contributed by atoms with Gasteiger partial charge in [-0.1, -0.05) is 18.2 Å². The van der Waals surface area contributed by atoms with Gasteiger partial charge >= 0.3 is 11.9 Å². The van der Waals surface area contributed by atoms with Crippen LogP contribution in [0.4, 0.5) is 5.69 Å². The Morgan fingerprint density at radius 1 is 0.833 bits per heavy atom. The number of phenols is 1. The number of hydrogen-bond acceptors (Lipinski definition) is 6.